The minimum absolute atomic E-state index is 0. The molecule has 0 atom stereocenters. The molecule has 0 N–H and O–H groups in total. The van der Waals surface area contributed by atoms with Gasteiger partial charge in [0.25, 0.3) is 0 Å². The summed E-state index contributed by atoms with van der Waals surface area (Å²) in [6.45, 7) is 4.11. The smallest absolute Gasteiger partial charge is 0.497 e. The molecule has 50 heavy (non-hydrogen) atoms. The molecule has 10 rings (SSSR count). The molecule has 0 aliphatic rings. The maximum atomic E-state index is 6.53. The average Bonchev–Trinajstić information content (AvgIpc) is 3.71. The fourth-order valence-electron chi connectivity index (χ4n) is 7.06. The number of benzene rings is 4. The summed E-state index contributed by atoms with van der Waals surface area (Å²) in [6, 6.07) is 43.9. The summed E-state index contributed by atoms with van der Waals surface area (Å²) in [6.07, 6.45) is 3.65. The van der Waals surface area contributed by atoms with E-state index in [1.54, 1.807) is 0 Å². The van der Waals surface area contributed by atoms with Gasteiger partial charge in [-0.15, -0.1) is 12.1 Å². The van der Waals surface area contributed by atoms with Crippen LogP contribution >= 0.6 is 0 Å². The first-order valence-electron chi connectivity index (χ1n) is 16.2. The van der Waals surface area contributed by atoms with Gasteiger partial charge in [0.1, 0.15) is 0 Å². The maximum Gasteiger partial charge on any atom is 2.00 e. The Morgan fingerprint density at radius 3 is 1.70 bits per heavy atom. The molecular weight excluding hydrogens is 800 g/mol. The summed E-state index contributed by atoms with van der Waals surface area (Å²) in [5.41, 5.74) is 11.4. The van der Waals surface area contributed by atoms with Crippen LogP contribution in [-0.2, 0) is 21.1 Å². The molecular formula is C42H26N6OPt. The van der Waals surface area contributed by atoms with Crippen molar-refractivity contribution >= 4 is 54.9 Å². The number of fused-ring (bicyclic) bond motifs is 12. The molecule has 10 aromatic rings. The molecule has 6 heterocycles. The van der Waals surface area contributed by atoms with Crippen molar-refractivity contribution in [3.8, 4) is 34.0 Å². The number of aromatic nitrogens is 6. The van der Waals surface area contributed by atoms with Crippen molar-refractivity contribution in [2.24, 2.45) is 0 Å². The molecule has 4 aromatic carbocycles. The third-order valence-corrected chi connectivity index (χ3v) is 9.39. The Kier molecular flexibility index (Phi) is 7.00. The van der Waals surface area contributed by atoms with E-state index in [9.17, 15) is 0 Å². The number of rotatable bonds is 4. The van der Waals surface area contributed by atoms with E-state index >= 15 is 0 Å². The Hall–Kier alpha value is -5.91. The van der Waals surface area contributed by atoms with Gasteiger partial charge in [0.15, 0.2) is 0 Å². The van der Waals surface area contributed by atoms with Gasteiger partial charge >= 0.3 is 21.1 Å². The van der Waals surface area contributed by atoms with Crippen LogP contribution in [0.1, 0.15) is 11.4 Å². The molecule has 0 saturated carbocycles. The predicted molar refractivity (Wildman–Crippen MR) is 194 cm³/mol. The van der Waals surface area contributed by atoms with Crippen molar-refractivity contribution in [2.75, 3.05) is 0 Å². The number of aryl methyl sites for hydroxylation is 2. The van der Waals surface area contributed by atoms with Crippen molar-refractivity contribution in [2.45, 2.75) is 13.8 Å². The molecule has 8 heteroatoms. The molecule has 0 unspecified atom stereocenters. The average molecular weight is 826 g/mol. The molecule has 240 valence electrons. The summed E-state index contributed by atoms with van der Waals surface area (Å²) in [4.78, 5) is 19.8. The largest absolute Gasteiger partial charge is 2.00 e. The van der Waals surface area contributed by atoms with Crippen LogP contribution in [0.3, 0.4) is 0 Å². The van der Waals surface area contributed by atoms with E-state index in [2.05, 4.69) is 76.4 Å². The summed E-state index contributed by atoms with van der Waals surface area (Å²) >= 11 is 0. The molecule has 0 amide bonds. The standard InChI is InChI=1S/C42H26N6O.Pt/c1-25-26(2)47-35-15-9-21-43-38(35)31-19-17-29(23-33(31)41(47)45-25)49-30-18-20-32-34(24-30)42-46-37(27-11-5-3-6-12-27)40(28-13-7-4-8-14-28)48(42)36-16-10-22-44-39(32)36;/h3-22H,1-2H3;/q-2;+2. The van der Waals surface area contributed by atoms with E-state index in [1.807, 2.05) is 80.0 Å². The Bertz CT molecular complexity index is 2930. The normalized spacial score (nSPS) is 11.6. The summed E-state index contributed by atoms with van der Waals surface area (Å²) in [7, 11) is 0. The summed E-state index contributed by atoms with van der Waals surface area (Å²) in [5, 5.41) is 3.60. The van der Waals surface area contributed by atoms with Crippen LogP contribution in [0.2, 0.25) is 0 Å². The van der Waals surface area contributed by atoms with Crippen molar-refractivity contribution < 1.29 is 25.8 Å². The third-order valence-electron chi connectivity index (χ3n) is 9.39. The first-order chi connectivity index (χ1) is 24.1. The van der Waals surface area contributed by atoms with Gasteiger partial charge in [-0.2, -0.15) is 0 Å². The van der Waals surface area contributed by atoms with Crippen molar-refractivity contribution in [3.05, 3.63) is 145 Å². The molecule has 0 fully saturated rings. The second kappa shape index (κ2) is 11.6. The van der Waals surface area contributed by atoms with Gasteiger partial charge in [-0.25, -0.2) is 0 Å². The second-order valence-electron chi connectivity index (χ2n) is 12.2. The molecule has 0 aliphatic carbocycles. The number of ether oxygens (including phenoxy) is 1. The van der Waals surface area contributed by atoms with Gasteiger partial charge in [0.2, 0.25) is 0 Å². The van der Waals surface area contributed by atoms with Crippen LogP contribution in [0, 0.1) is 26.0 Å². The fourth-order valence-corrected chi connectivity index (χ4v) is 7.06. The SMILES string of the molecule is Cc1nc2c3[c-]c(Oc4[c-]c5c(cc4)c4ncccc4n4c(-c6ccccc6)c(-c6ccccc6)nc54)ccc3c3ncccc3n2c1C.[Pt+2]. The van der Waals surface area contributed by atoms with Crippen LogP contribution in [0.25, 0.3) is 77.4 Å². The molecule has 0 aliphatic heterocycles. The van der Waals surface area contributed by atoms with Crippen LogP contribution in [0.4, 0.5) is 0 Å². The molecule has 0 radical (unpaired) electrons. The van der Waals surface area contributed by atoms with E-state index in [-0.39, 0.29) is 21.1 Å². The zero-order chi connectivity index (χ0) is 32.6. The van der Waals surface area contributed by atoms with Gasteiger partial charge in [-0.1, -0.05) is 106 Å². The van der Waals surface area contributed by atoms with Crippen LogP contribution in [-0.4, -0.2) is 28.7 Å². The predicted octanol–water partition coefficient (Wildman–Crippen LogP) is 9.73. The first-order valence-corrected chi connectivity index (χ1v) is 16.2. The quantitative estimate of drug-likeness (QED) is 0.131. The number of pyridine rings is 4. The van der Waals surface area contributed by atoms with E-state index in [1.165, 1.54) is 0 Å². The first kappa shape index (κ1) is 30.2. The maximum absolute atomic E-state index is 6.53. The molecule has 6 aromatic heterocycles. The Balaban J connectivity index is 0.00000336. The fraction of sp³-hybridized carbons (Fsp3) is 0.0476. The van der Waals surface area contributed by atoms with Gasteiger partial charge in [0, 0.05) is 40.8 Å². The van der Waals surface area contributed by atoms with Crippen molar-refractivity contribution in [1.82, 2.24) is 28.7 Å². The van der Waals surface area contributed by atoms with Gasteiger partial charge in [-0.05, 0) is 43.7 Å². The zero-order valence-corrected chi connectivity index (χ0v) is 29.2. The Labute approximate surface area is 301 Å². The Morgan fingerprint density at radius 2 is 1.10 bits per heavy atom. The van der Waals surface area contributed by atoms with Gasteiger partial charge in [-0.3, -0.25) is 19.9 Å². The summed E-state index contributed by atoms with van der Waals surface area (Å²) in [5.74, 6) is 1.11. The van der Waals surface area contributed by atoms with E-state index in [4.69, 9.17) is 24.7 Å². The number of hydrogen-bond donors (Lipinski definition) is 0. The van der Waals surface area contributed by atoms with E-state index < -0.39 is 0 Å². The van der Waals surface area contributed by atoms with Crippen LogP contribution < -0.4 is 4.74 Å². The molecule has 0 spiro atoms. The van der Waals surface area contributed by atoms with Crippen molar-refractivity contribution in [1.29, 1.82) is 0 Å². The summed E-state index contributed by atoms with van der Waals surface area (Å²) < 4.78 is 10.9. The third kappa shape index (κ3) is 4.47. The topological polar surface area (TPSA) is 69.6 Å². The second-order valence-corrected chi connectivity index (χ2v) is 12.2. The molecule has 0 bridgehead atoms. The van der Waals surface area contributed by atoms with Gasteiger partial charge in [0.05, 0.1) is 44.7 Å². The number of nitrogens with zero attached hydrogens (tertiary/aromatic N) is 6. The number of hydrogen-bond acceptors (Lipinski definition) is 5. The van der Waals surface area contributed by atoms with Gasteiger partial charge < -0.3 is 13.5 Å². The molecule has 0 saturated heterocycles. The Morgan fingerprint density at radius 1 is 0.560 bits per heavy atom. The van der Waals surface area contributed by atoms with E-state index in [0.717, 1.165) is 88.8 Å². The number of imidazole rings is 2. The molecule has 7 nitrogen and oxygen atoms in total. The minimum Gasteiger partial charge on any atom is -0.497 e. The monoisotopic (exact) mass is 825 g/mol. The zero-order valence-electron chi connectivity index (χ0n) is 27.0. The van der Waals surface area contributed by atoms with Crippen LogP contribution in [0.15, 0.2) is 122 Å². The van der Waals surface area contributed by atoms with Crippen LogP contribution in [0.5, 0.6) is 11.5 Å². The van der Waals surface area contributed by atoms with E-state index in [0.29, 0.717) is 11.5 Å². The minimum atomic E-state index is 0. The van der Waals surface area contributed by atoms with Crippen molar-refractivity contribution in [3.63, 3.8) is 0 Å².